The van der Waals surface area contributed by atoms with Crippen LogP contribution >= 0.6 is 0 Å². The summed E-state index contributed by atoms with van der Waals surface area (Å²) in [5.74, 6) is 3.17. The average molecular weight is 484 g/mol. The number of terminal acetylenes is 1. The first-order valence-corrected chi connectivity index (χ1v) is 11.2. The predicted octanol–water partition coefficient (Wildman–Crippen LogP) is 2.21. The Morgan fingerprint density at radius 1 is 1.14 bits per heavy atom. The number of nitrogens with zero attached hydrogens (tertiary/aromatic N) is 4. The number of hydrogen-bond donors (Lipinski definition) is 4. The lowest BCUT2D eigenvalue weighted by Gasteiger charge is -2.23. The summed E-state index contributed by atoms with van der Waals surface area (Å²) in [7, 11) is 0. The number of nitrogens with one attached hydrogen (secondary N) is 3. The lowest BCUT2D eigenvalue weighted by Crippen LogP contribution is -2.29. The van der Waals surface area contributed by atoms with E-state index in [9.17, 15) is 14.7 Å². The molecule has 0 saturated heterocycles. The third-order valence-electron chi connectivity index (χ3n) is 5.37. The van der Waals surface area contributed by atoms with E-state index in [0.717, 1.165) is 11.3 Å². The Morgan fingerprint density at radius 3 is 2.69 bits per heavy atom. The van der Waals surface area contributed by atoms with Crippen molar-refractivity contribution < 1.29 is 9.90 Å². The number of aromatic amines is 1. The van der Waals surface area contributed by atoms with E-state index < -0.39 is 0 Å². The van der Waals surface area contributed by atoms with Crippen LogP contribution in [0.25, 0.3) is 10.9 Å². The fourth-order valence-electron chi connectivity index (χ4n) is 3.68. The van der Waals surface area contributed by atoms with E-state index in [2.05, 4.69) is 36.5 Å². The van der Waals surface area contributed by atoms with Crippen molar-refractivity contribution in [1.29, 1.82) is 0 Å². The van der Waals surface area contributed by atoms with Gasteiger partial charge in [-0.1, -0.05) is 12.0 Å². The quantitative estimate of drug-likeness (QED) is 0.210. The molecular weight excluding hydrogens is 458 g/mol. The molecule has 182 valence electrons. The Bertz CT molecular complexity index is 1480. The van der Waals surface area contributed by atoms with Gasteiger partial charge in [0.1, 0.15) is 5.82 Å². The molecule has 2 aromatic heterocycles. The zero-order valence-corrected chi connectivity index (χ0v) is 19.7. The number of aromatic nitrogens is 4. The molecule has 2 aromatic carbocycles. The number of aryl methyl sites for hydroxylation is 1. The maximum Gasteiger partial charge on any atom is 0.258 e. The molecule has 0 spiro atoms. The van der Waals surface area contributed by atoms with E-state index >= 15 is 0 Å². The maximum atomic E-state index is 12.5. The molecule has 0 aliphatic rings. The van der Waals surface area contributed by atoms with Crippen LogP contribution in [0.4, 0.5) is 11.6 Å². The number of H-pyrrole nitrogens is 1. The molecule has 2 heterocycles. The molecule has 4 aromatic rings. The topological polar surface area (TPSA) is 136 Å². The second-order valence-electron chi connectivity index (χ2n) is 8.03. The van der Waals surface area contributed by atoms with Gasteiger partial charge >= 0.3 is 0 Å². The van der Waals surface area contributed by atoms with Gasteiger partial charge < -0.3 is 25.6 Å². The normalized spacial score (nSPS) is 10.6. The highest BCUT2D eigenvalue weighted by molar-refractivity contribution is 5.94. The number of anilines is 2. The highest BCUT2D eigenvalue weighted by Gasteiger charge is 2.11. The summed E-state index contributed by atoms with van der Waals surface area (Å²) in [5.41, 5.74) is 2.74. The van der Waals surface area contributed by atoms with Crippen LogP contribution in [0.15, 0.2) is 59.5 Å². The third kappa shape index (κ3) is 5.95. The molecule has 4 N–H and O–H groups in total. The van der Waals surface area contributed by atoms with Crippen LogP contribution < -0.4 is 21.1 Å². The monoisotopic (exact) mass is 483 g/mol. The first-order chi connectivity index (χ1) is 17.4. The molecule has 10 heteroatoms. The minimum absolute atomic E-state index is 0.128. The van der Waals surface area contributed by atoms with Crippen molar-refractivity contribution in [1.82, 2.24) is 25.3 Å². The highest BCUT2D eigenvalue weighted by Crippen LogP contribution is 2.20. The second-order valence-corrected chi connectivity index (χ2v) is 8.03. The van der Waals surface area contributed by atoms with Gasteiger partial charge in [0, 0.05) is 43.1 Å². The Labute approximate surface area is 207 Å². The third-order valence-corrected chi connectivity index (χ3v) is 5.37. The van der Waals surface area contributed by atoms with Crippen molar-refractivity contribution in [2.24, 2.45) is 0 Å². The minimum atomic E-state index is -0.222. The predicted molar refractivity (Wildman–Crippen MR) is 138 cm³/mol. The van der Waals surface area contributed by atoms with Crippen LogP contribution in [-0.4, -0.2) is 50.6 Å². The number of amides is 1. The summed E-state index contributed by atoms with van der Waals surface area (Å²) < 4.78 is 0. The van der Waals surface area contributed by atoms with Crippen LogP contribution in [0.1, 0.15) is 21.7 Å². The SMILES string of the molecule is C#CCN(Cc1ccc2nc(C)[nH]c(=O)c2c1)c1ccc(C(=O)NCCNc2nccc(O)n2)cc1. The van der Waals surface area contributed by atoms with Crippen LogP contribution in [0.5, 0.6) is 5.88 Å². The Kier molecular flexibility index (Phi) is 7.41. The lowest BCUT2D eigenvalue weighted by atomic mass is 10.1. The molecule has 1 amide bonds. The van der Waals surface area contributed by atoms with Gasteiger partial charge in [0.2, 0.25) is 11.8 Å². The van der Waals surface area contributed by atoms with Gasteiger partial charge in [-0.15, -0.1) is 6.42 Å². The van der Waals surface area contributed by atoms with Crippen LogP contribution in [-0.2, 0) is 6.54 Å². The smallest absolute Gasteiger partial charge is 0.258 e. The van der Waals surface area contributed by atoms with E-state index in [-0.39, 0.29) is 23.3 Å². The number of carbonyl (C=O) groups is 1. The Hall–Kier alpha value is -4.91. The maximum absolute atomic E-state index is 12.5. The summed E-state index contributed by atoms with van der Waals surface area (Å²) in [4.78, 5) is 41.7. The van der Waals surface area contributed by atoms with Crippen molar-refractivity contribution in [3.05, 3.63) is 82.0 Å². The number of rotatable bonds is 9. The van der Waals surface area contributed by atoms with Crippen LogP contribution in [0.2, 0.25) is 0 Å². The molecule has 0 bridgehead atoms. The first-order valence-electron chi connectivity index (χ1n) is 11.2. The summed E-state index contributed by atoms with van der Waals surface area (Å²) in [6.45, 7) is 3.33. The fraction of sp³-hybridized carbons (Fsp3) is 0.192. The van der Waals surface area contributed by atoms with Gasteiger partial charge in [0.25, 0.3) is 11.5 Å². The summed E-state index contributed by atoms with van der Waals surface area (Å²) in [5, 5.41) is 15.6. The molecule has 10 nitrogen and oxygen atoms in total. The van der Waals surface area contributed by atoms with E-state index in [1.165, 1.54) is 12.3 Å². The van der Waals surface area contributed by atoms with Gasteiger partial charge in [-0.3, -0.25) is 9.59 Å². The molecule has 0 radical (unpaired) electrons. The van der Waals surface area contributed by atoms with Gasteiger partial charge in [-0.25, -0.2) is 9.97 Å². The minimum Gasteiger partial charge on any atom is -0.493 e. The molecule has 0 aliphatic carbocycles. The van der Waals surface area contributed by atoms with E-state index in [0.29, 0.717) is 48.5 Å². The molecule has 0 unspecified atom stereocenters. The Balaban J connectivity index is 1.38. The standard InChI is InChI=1S/C26H25N7O3/c1-3-14-33(16-18-4-9-22-21(15-18)25(36)31-17(2)30-22)20-7-5-19(6-8-20)24(35)27-12-13-29-26-28-11-10-23(34)32-26/h1,4-11,15H,12-14,16H2,2H3,(H,27,35)(H,30,31,36)(H2,28,29,32,34). The number of hydrogen-bond acceptors (Lipinski definition) is 8. The van der Waals surface area contributed by atoms with Crippen molar-refractivity contribution >= 4 is 28.4 Å². The van der Waals surface area contributed by atoms with Crippen LogP contribution in [0.3, 0.4) is 0 Å². The molecule has 0 fully saturated rings. The van der Waals surface area contributed by atoms with Crippen molar-refractivity contribution in [3.63, 3.8) is 0 Å². The summed E-state index contributed by atoms with van der Waals surface area (Å²) >= 11 is 0. The van der Waals surface area contributed by atoms with Gasteiger partial charge in [0.05, 0.1) is 17.4 Å². The van der Waals surface area contributed by atoms with E-state index in [1.807, 2.05) is 35.2 Å². The highest BCUT2D eigenvalue weighted by atomic mass is 16.3. The molecule has 0 atom stereocenters. The summed E-state index contributed by atoms with van der Waals surface area (Å²) in [6, 6.07) is 14.1. The fourth-order valence-corrected chi connectivity index (χ4v) is 3.68. The van der Waals surface area contributed by atoms with Crippen molar-refractivity contribution in [3.8, 4) is 18.2 Å². The molecular formula is C26H25N7O3. The molecule has 4 rings (SSSR count). The van der Waals surface area contributed by atoms with E-state index in [4.69, 9.17) is 6.42 Å². The number of benzene rings is 2. The van der Waals surface area contributed by atoms with Crippen LogP contribution in [0, 0.1) is 19.3 Å². The van der Waals surface area contributed by atoms with E-state index in [1.54, 1.807) is 19.1 Å². The number of aromatic hydroxyl groups is 1. The van der Waals surface area contributed by atoms with Crippen molar-refractivity contribution in [2.75, 3.05) is 29.9 Å². The van der Waals surface area contributed by atoms with Gasteiger partial charge in [-0.2, -0.15) is 4.98 Å². The number of carbonyl (C=O) groups excluding carboxylic acids is 1. The zero-order valence-electron chi connectivity index (χ0n) is 19.7. The first kappa shape index (κ1) is 24.2. The summed E-state index contributed by atoms with van der Waals surface area (Å²) in [6.07, 6.45) is 7.04. The molecule has 36 heavy (non-hydrogen) atoms. The lowest BCUT2D eigenvalue weighted by molar-refractivity contribution is 0.0955. The number of fused-ring (bicyclic) bond motifs is 1. The zero-order chi connectivity index (χ0) is 25.5. The van der Waals surface area contributed by atoms with Gasteiger partial charge in [0.15, 0.2) is 0 Å². The van der Waals surface area contributed by atoms with Gasteiger partial charge in [-0.05, 0) is 48.9 Å². The van der Waals surface area contributed by atoms with Crippen molar-refractivity contribution in [2.45, 2.75) is 13.5 Å². The molecule has 0 aliphatic heterocycles. The second kappa shape index (κ2) is 11.0. The largest absolute Gasteiger partial charge is 0.493 e. The average Bonchev–Trinajstić information content (AvgIpc) is 2.87. The molecule has 0 saturated carbocycles. The Morgan fingerprint density at radius 2 is 1.94 bits per heavy atom.